The predicted molar refractivity (Wildman–Crippen MR) is 98.2 cm³/mol. The van der Waals surface area contributed by atoms with Gasteiger partial charge in [-0.3, -0.25) is 4.79 Å². The van der Waals surface area contributed by atoms with Gasteiger partial charge in [0.15, 0.2) is 0 Å². The molecule has 0 atom stereocenters. The third-order valence-electron chi connectivity index (χ3n) is 6.09. The summed E-state index contributed by atoms with van der Waals surface area (Å²) in [5.74, 6) is 2.42. The molecule has 4 aliphatic carbocycles. The Hall–Kier alpha value is -1.56. The first-order valence-corrected chi connectivity index (χ1v) is 10.3. The Morgan fingerprint density at radius 3 is 2.36 bits per heavy atom. The molecule has 4 bridgehead atoms. The highest BCUT2D eigenvalue weighted by molar-refractivity contribution is 7.09. The SMILES string of the molecule is O=C(CCNC(=O)NC12CC3CC(CC(C3)C1)C2)NCc1cccs1. The van der Waals surface area contributed by atoms with Crippen molar-refractivity contribution in [2.75, 3.05) is 6.54 Å². The molecule has 0 aromatic carbocycles. The fourth-order valence-corrected chi connectivity index (χ4v) is 6.17. The highest BCUT2D eigenvalue weighted by Crippen LogP contribution is 2.55. The summed E-state index contributed by atoms with van der Waals surface area (Å²) in [4.78, 5) is 25.3. The van der Waals surface area contributed by atoms with Crippen molar-refractivity contribution in [3.8, 4) is 0 Å². The van der Waals surface area contributed by atoms with E-state index in [2.05, 4.69) is 16.0 Å². The van der Waals surface area contributed by atoms with Crippen LogP contribution in [0.5, 0.6) is 0 Å². The van der Waals surface area contributed by atoms with E-state index in [1.165, 1.54) is 19.3 Å². The second-order valence-electron chi connectivity index (χ2n) is 8.18. The van der Waals surface area contributed by atoms with E-state index in [4.69, 9.17) is 0 Å². The van der Waals surface area contributed by atoms with E-state index >= 15 is 0 Å². The Morgan fingerprint density at radius 2 is 1.76 bits per heavy atom. The molecule has 0 unspecified atom stereocenters. The molecule has 0 aliphatic heterocycles. The lowest BCUT2D eigenvalue weighted by Gasteiger charge is -2.56. The molecule has 0 spiro atoms. The van der Waals surface area contributed by atoms with Crippen LogP contribution in [0.3, 0.4) is 0 Å². The minimum Gasteiger partial charge on any atom is -0.351 e. The molecule has 25 heavy (non-hydrogen) atoms. The Kier molecular flexibility index (Phi) is 4.71. The van der Waals surface area contributed by atoms with E-state index in [1.807, 2.05) is 17.5 Å². The molecule has 136 valence electrons. The van der Waals surface area contributed by atoms with Crippen LogP contribution in [0.25, 0.3) is 0 Å². The Morgan fingerprint density at radius 1 is 1.08 bits per heavy atom. The van der Waals surface area contributed by atoms with Crippen LogP contribution in [0.1, 0.15) is 49.8 Å². The highest BCUT2D eigenvalue weighted by atomic mass is 32.1. The molecule has 6 heteroatoms. The lowest BCUT2D eigenvalue weighted by Crippen LogP contribution is -2.61. The van der Waals surface area contributed by atoms with Gasteiger partial charge in [0, 0.05) is 23.4 Å². The summed E-state index contributed by atoms with van der Waals surface area (Å²) in [6.07, 6.45) is 7.86. The topological polar surface area (TPSA) is 70.2 Å². The van der Waals surface area contributed by atoms with Crippen LogP contribution in [0.15, 0.2) is 17.5 Å². The maximum Gasteiger partial charge on any atom is 0.315 e. The molecule has 5 rings (SSSR count). The number of nitrogens with one attached hydrogen (secondary N) is 3. The first-order chi connectivity index (χ1) is 12.1. The molecule has 0 radical (unpaired) electrons. The number of amides is 3. The lowest BCUT2D eigenvalue weighted by atomic mass is 9.53. The van der Waals surface area contributed by atoms with Crippen LogP contribution in [-0.2, 0) is 11.3 Å². The summed E-state index contributed by atoms with van der Waals surface area (Å²) in [6.45, 7) is 0.949. The van der Waals surface area contributed by atoms with Crippen molar-refractivity contribution in [2.45, 2.75) is 57.0 Å². The first kappa shape index (κ1) is 16.9. The van der Waals surface area contributed by atoms with E-state index in [1.54, 1.807) is 11.3 Å². The molecule has 4 saturated carbocycles. The molecule has 1 aromatic rings. The summed E-state index contributed by atoms with van der Waals surface area (Å²) in [6, 6.07) is 3.87. The minimum atomic E-state index is -0.104. The monoisotopic (exact) mass is 361 g/mol. The van der Waals surface area contributed by atoms with Crippen LogP contribution in [0.4, 0.5) is 4.79 Å². The number of hydrogen-bond acceptors (Lipinski definition) is 3. The zero-order chi connectivity index (χ0) is 17.3. The van der Waals surface area contributed by atoms with Gasteiger partial charge in [-0.25, -0.2) is 4.79 Å². The van der Waals surface area contributed by atoms with Crippen LogP contribution in [0, 0.1) is 17.8 Å². The Labute approximate surface area is 153 Å². The molecule has 4 aliphatic rings. The molecule has 4 fully saturated rings. The largest absolute Gasteiger partial charge is 0.351 e. The summed E-state index contributed by atoms with van der Waals surface area (Å²) < 4.78 is 0. The zero-order valence-electron chi connectivity index (χ0n) is 14.6. The zero-order valence-corrected chi connectivity index (χ0v) is 15.4. The summed E-state index contributed by atoms with van der Waals surface area (Å²) >= 11 is 1.63. The molecule has 1 aromatic heterocycles. The number of carbonyl (C=O) groups is 2. The lowest BCUT2D eigenvalue weighted by molar-refractivity contribution is -0.121. The number of thiophene rings is 1. The van der Waals surface area contributed by atoms with Crippen molar-refractivity contribution < 1.29 is 9.59 Å². The van der Waals surface area contributed by atoms with Crippen molar-refractivity contribution >= 4 is 23.3 Å². The van der Waals surface area contributed by atoms with Gasteiger partial charge in [-0.15, -0.1) is 11.3 Å². The first-order valence-electron chi connectivity index (χ1n) is 9.45. The van der Waals surface area contributed by atoms with E-state index < -0.39 is 0 Å². The van der Waals surface area contributed by atoms with E-state index in [9.17, 15) is 9.59 Å². The molecular formula is C19H27N3O2S. The maximum atomic E-state index is 12.3. The normalized spacial score (nSPS) is 32.4. The highest BCUT2D eigenvalue weighted by Gasteiger charge is 2.51. The van der Waals surface area contributed by atoms with Gasteiger partial charge in [-0.05, 0) is 67.7 Å². The number of urea groups is 1. The van der Waals surface area contributed by atoms with E-state index in [0.717, 1.165) is 41.9 Å². The molecule has 3 amide bonds. The molecule has 0 saturated heterocycles. The van der Waals surface area contributed by atoms with Gasteiger partial charge in [-0.2, -0.15) is 0 Å². The van der Waals surface area contributed by atoms with Gasteiger partial charge < -0.3 is 16.0 Å². The number of carbonyl (C=O) groups excluding carboxylic acids is 2. The summed E-state index contributed by atoms with van der Waals surface area (Å²) in [5, 5.41) is 11.0. The Balaban J connectivity index is 1.18. The second-order valence-corrected chi connectivity index (χ2v) is 9.22. The average molecular weight is 362 g/mol. The van der Waals surface area contributed by atoms with Crippen molar-refractivity contribution in [3.63, 3.8) is 0 Å². The van der Waals surface area contributed by atoms with Crippen molar-refractivity contribution in [2.24, 2.45) is 17.8 Å². The fourth-order valence-electron chi connectivity index (χ4n) is 5.53. The van der Waals surface area contributed by atoms with Gasteiger partial charge in [0.25, 0.3) is 0 Å². The van der Waals surface area contributed by atoms with Crippen molar-refractivity contribution in [1.82, 2.24) is 16.0 Å². The maximum absolute atomic E-state index is 12.3. The van der Waals surface area contributed by atoms with Crippen molar-refractivity contribution in [1.29, 1.82) is 0 Å². The second kappa shape index (κ2) is 6.98. The van der Waals surface area contributed by atoms with Crippen LogP contribution < -0.4 is 16.0 Å². The van der Waals surface area contributed by atoms with E-state index in [-0.39, 0.29) is 17.5 Å². The molecule has 5 nitrogen and oxygen atoms in total. The van der Waals surface area contributed by atoms with Gasteiger partial charge in [-0.1, -0.05) is 6.07 Å². The summed E-state index contributed by atoms with van der Waals surface area (Å²) in [5.41, 5.74) is 0.0280. The molecular weight excluding hydrogens is 334 g/mol. The molecule has 1 heterocycles. The van der Waals surface area contributed by atoms with E-state index in [0.29, 0.717) is 19.5 Å². The number of hydrogen-bond donors (Lipinski definition) is 3. The predicted octanol–water partition coefficient (Wildman–Crippen LogP) is 3.02. The quantitative estimate of drug-likeness (QED) is 0.729. The van der Waals surface area contributed by atoms with Gasteiger partial charge in [0.1, 0.15) is 0 Å². The summed E-state index contributed by atoms with van der Waals surface area (Å²) in [7, 11) is 0. The van der Waals surface area contributed by atoms with Crippen molar-refractivity contribution in [3.05, 3.63) is 22.4 Å². The molecule has 3 N–H and O–H groups in total. The van der Waals surface area contributed by atoms with Gasteiger partial charge in [0.05, 0.1) is 6.54 Å². The third kappa shape index (κ3) is 4.00. The van der Waals surface area contributed by atoms with Crippen LogP contribution >= 0.6 is 11.3 Å². The Bertz CT molecular complexity index is 593. The van der Waals surface area contributed by atoms with Gasteiger partial charge >= 0.3 is 6.03 Å². The fraction of sp³-hybridized carbons (Fsp3) is 0.684. The average Bonchev–Trinajstić information content (AvgIpc) is 3.04. The van der Waals surface area contributed by atoms with Gasteiger partial charge in [0.2, 0.25) is 5.91 Å². The van der Waals surface area contributed by atoms with Crippen LogP contribution in [-0.4, -0.2) is 24.0 Å². The van der Waals surface area contributed by atoms with Crippen LogP contribution in [0.2, 0.25) is 0 Å². The standard InChI is InChI=1S/C19H27N3O2S/c23-17(21-12-16-2-1-5-25-16)3-4-20-18(24)22-19-9-13-6-14(10-19)8-15(7-13)11-19/h1-2,5,13-15H,3-4,6-12H2,(H,21,23)(H2,20,22,24). The number of rotatable bonds is 6. The smallest absolute Gasteiger partial charge is 0.315 e. The third-order valence-corrected chi connectivity index (χ3v) is 6.97. The minimum absolute atomic E-state index is 0.0245.